The SMILES string of the molecule is COCCCNC(=O)c1ccc(-c2cccc(N)c2)o1. The number of rotatable bonds is 6. The number of hydrogen-bond acceptors (Lipinski definition) is 4. The Labute approximate surface area is 117 Å². The van der Waals surface area contributed by atoms with Gasteiger partial charge in [-0.25, -0.2) is 0 Å². The van der Waals surface area contributed by atoms with Crippen LogP contribution in [0.1, 0.15) is 17.0 Å². The van der Waals surface area contributed by atoms with E-state index in [2.05, 4.69) is 5.32 Å². The van der Waals surface area contributed by atoms with E-state index < -0.39 is 0 Å². The number of benzene rings is 1. The van der Waals surface area contributed by atoms with Crippen molar-refractivity contribution in [2.24, 2.45) is 0 Å². The maximum absolute atomic E-state index is 11.8. The molecule has 1 amide bonds. The molecule has 1 aromatic heterocycles. The van der Waals surface area contributed by atoms with Crippen LogP contribution in [0.2, 0.25) is 0 Å². The quantitative estimate of drug-likeness (QED) is 0.626. The van der Waals surface area contributed by atoms with Crippen LogP contribution in [0, 0.1) is 0 Å². The fraction of sp³-hybridized carbons (Fsp3) is 0.267. The van der Waals surface area contributed by atoms with E-state index in [0.717, 1.165) is 12.0 Å². The zero-order valence-electron chi connectivity index (χ0n) is 11.4. The van der Waals surface area contributed by atoms with Crippen molar-refractivity contribution in [1.29, 1.82) is 0 Å². The normalized spacial score (nSPS) is 10.4. The van der Waals surface area contributed by atoms with Crippen LogP contribution < -0.4 is 11.1 Å². The van der Waals surface area contributed by atoms with Crippen molar-refractivity contribution in [3.05, 3.63) is 42.2 Å². The molecule has 0 atom stereocenters. The topological polar surface area (TPSA) is 77.5 Å². The second kappa shape index (κ2) is 6.77. The number of nitrogen functional groups attached to an aromatic ring is 1. The van der Waals surface area contributed by atoms with Crippen LogP contribution in [-0.2, 0) is 4.74 Å². The van der Waals surface area contributed by atoms with E-state index in [0.29, 0.717) is 30.4 Å². The lowest BCUT2D eigenvalue weighted by molar-refractivity contribution is 0.0922. The summed E-state index contributed by atoms with van der Waals surface area (Å²) in [6.07, 6.45) is 0.769. The molecule has 3 N–H and O–H groups in total. The van der Waals surface area contributed by atoms with Crippen molar-refractivity contribution in [1.82, 2.24) is 5.32 Å². The Hall–Kier alpha value is -2.27. The lowest BCUT2D eigenvalue weighted by Crippen LogP contribution is -2.24. The number of hydrogen-bond donors (Lipinski definition) is 2. The highest BCUT2D eigenvalue weighted by molar-refractivity contribution is 5.92. The molecule has 0 unspecified atom stereocenters. The number of carbonyl (C=O) groups is 1. The predicted octanol–water partition coefficient (Wildman–Crippen LogP) is 2.30. The van der Waals surface area contributed by atoms with Crippen LogP contribution >= 0.6 is 0 Å². The van der Waals surface area contributed by atoms with Crippen molar-refractivity contribution in [3.63, 3.8) is 0 Å². The molecular weight excluding hydrogens is 256 g/mol. The minimum Gasteiger partial charge on any atom is -0.451 e. The summed E-state index contributed by atoms with van der Waals surface area (Å²) in [7, 11) is 1.63. The number of nitrogens with one attached hydrogen (secondary N) is 1. The van der Waals surface area contributed by atoms with E-state index in [1.165, 1.54) is 0 Å². The Bertz CT molecular complexity index is 578. The smallest absolute Gasteiger partial charge is 0.287 e. The highest BCUT2D eigenvalue weighted by atomic mass is 16.5. The molecule has 0 aliphatic carbocycles. The average Bonchev–Trinajstić information content (AvgIpc) is 2.93. The molecule has 0 spiro atoms. The van der Waals surface area contributed by atoms with Crippen LogP contribution in [0.4, 0.5) is 5.69 Å². The first kappa shape index (κ1) is 14.1. The highest BCUT2D eigenvalue weighted by Gasteiger charge is 2.11. The molecule has 20 heavy (non-hydrogen) atoms. The van der Waals surface area contributed by atoms with Gasteiger partial charge in [-0.15, -0.1) is 0 Å². The molecule has 1 heterocycles. The Morgan fingerprint density at radius 1 is 1.35 bits per heavy atom. The minimum atomic E-state index is -0.226. The third-order valence-electron chi connectivity index (χ3n) is 2.81. The van der Waals surface area contributed by atoms with Gasteiger partial charge in [0.2, 0.25) is 0 Å². The molecule has 0 saturated carbocycles. The summed E-state index contributed by atoms with van der Waals surface area (Å²) >= 11 is 0. The van der Waals surface area contributed by atoms with E-state index >= 15 is 0 Å². The van der Waals surface area contributed by atoms with Gasteiger partial charge in [-0.3, -0.25) is 4.79 Å². The first-order valence-corrected chi connectivity index (χ1v) is 6.43. The molecule has 1 aromatic carbocycles. The predicted molar refractivity (Wildman–Crippen MR) is 77.4 cm³/mol. The van der Waals surface area contributed by atoms with Gasteiger partial charge in [0, 0.05) is 31.5 Å². The van der Waals surface area contributed by atoms with Crippen molar-refractivity contribution >= 4 is 11.6 Å². The third-order valence-corrected chi connectivity index (χ3v) is 2.81. The maximum Gasteiger partial charge on any atom is 0.287 e. The number of anilines is 1. The lowest BCUT2D eigenvalue weighted by atomic mass is 10.1. The van der Waals surface area contributed by atoms with Gasteiger partial charge in [0.25, 0.3) is 5.91 Å². The van der Waals surface area contributed by atoms with Crippen LogP contribution in [0.3, 0.4) is 0 Å². The van der Waals surface area contributed by atoms with Gasteiger partial charge in [0.05, 0.1) is 0 Å². The number of carbonyl (C=O) groups excluding carboxylic acids is 1. The number of nitrogens with two attached hydrogens (primary N) is 1. The van der Waals surface area contributed by atoms with Crippen molar-refractivity contribution in [2.75, 3.05) is 26.0 Å². The lowest BCUT2D eigenvalue weighted by Gasteiger charge is -2.02. The highest BCUT2D eigenvalue weighted by Crippen LogP contribution is 2.23. The zero-order chi connectivity index (χ0) is 14.4. The Kier molecular flexibility index (Phi) is 4.79. The van der Waals surface area contributed by atoms with E-state index in [-0.39, 0.29) is 5.91 Å². The third kappa shape index (κ3) is 3.61. The van der Waals surface area contributed by atoms with Crippen molar-refractivity contribution < 1.29 is 13.9 Å². The summed E-state index contributed by atoms with van der Waals surface area (Å²) in [5.74, 6) is 0.690. The summed E-state index contributed by atoms with van der Waals surface area (Å²) in [5, 5.41) is 2.77. The van der Waals surface area contributed by atoms with Gasteiger partial charge in [-0.2, -0.15) is 0 Å². The molecule has 0 bridgehead atoms. The van der Waals surface area contributed by atoms with Crippen molar-refractivity contribution in [3.8, 4) is 11.3 Å². The summed E-state index contributed by atoms with van der Waals surface area (Å²) in [4.78, 5) is 11.8. The van der Waals surface area contributed by atoms with Gasteiger partial charge >= 0.3 is 0 Å². The van der Waals surface area contributed by atoms with Gasteiger partial charge < -0.3 is 20.2 Å². The second-order valence-corrected chi connectivity index (χ2v) is 4.39. The monoisotopic (exact) mass is 274 g/mol. The summed E-state index contributed by atoms with van der Waals surface area (Å²) in [6, 6.07) is 10.8. The van der Waals surface area contributed by atoms with Crippen molar-refractivity contribution in [2.45, 2.75) is 6.42 Å². The average molecular weight is 274 g/mol. The molecule has 2 rings (SSSR count). The number of amides is 1. The molecule has 0 aliphatic rings. The van der Waals surface area contributed by atoms with Crippen LogP contribution in [0.5, 0.6) is 0 Å². The molecule has 2 aromatic rings. The van der Waals surface area contributed by atoms with E-state index in [9.17, 15) is 4.79 Å². The van der Waals surface area contributed by atoms with E-state index in [4.69, 9.17) is 14.9 Å². The second-order valence-electron chi connectivity index (χ2n) is 4.39. The largest absolute Gasteiger partial charge is 0.451 e. The summed E-state index contributed by atoms with van der Waals surface area (Å²) < 4.78 is 10.5. The zero-order valence-corrected chi connectivity index (χ0v) is 11.4. The molecule has 0 fully saturated rings. The number of furan rings is 1. The number of ether oxygens (including phenoxy) is 1. The van der Waals surface area contributed by atoms with Gasteiger partial charge in [-0.05, 0) is 30.7 Å². The van der Waals surface area contributed by atoms with Gasteiger partial charge in [0.1, 0.15) is 5.76 Å². The van der Waals surface area contributed by atoms with E-state index in [1.54, 1.807) is 31.4 Å². The first-order chi connectivity index (χ1) is 9.70. The summed E-state index contributed by atoms with van der Waals surface area (Å²) in [5.41, 5.74) is 7.23. The van der Waals surface area contributed by atoms with Gasteiger partial charge in [-0.1, -0.05) is 12.1 Å². The molecule has 5 nitrogen and oxygen atoms in total. The molecular formula is C15H18N2O3. The molecule has 0 radical (unpaired) electrons. The fourth-order valence-corrected chi connectivity index (χ4v) is 1.81. The molecule has 106 valence electrons. The molecule has 5 heteroatoms. The molecule has 0 aliphatic heterocycles. The minimum absolute atomic E-state index is 0.226. The number of methoxy groups -OCH3 is 1. The fourth-order valence-electron chi connectivity index (χ4n) is 1.81. The Balaban J connectivity index is 2.00. The first-order valence-electron chi connectivity index (χ1n) is 6.43. The molecule has 0 saturated heterocycles. The van der Waals surface area contributed by atoms with Crippen LogP contribution in [0.25, 0.3) is 11.3 Å². The maximum atomic E-state index is 11.8. The Morgan fingerprint density at radius 3 is 2.95 bits per heavy atom. The van der Waals surface area contributed by atoms with Crippen LogP contribution in [-0.4, -0.2) is 26.2 Å². The Morgan fingerprint density at radius 2 is 2.20 bits per heavy atom. The van der Waals surface area contributed by atoms with Crippen LogP contribution in [0.15, 0.2) is 40.8 Å². The van der Waals surface area contributed by atoms with Gasteiger partial charge in [0.15, 0.2) is 5.76 Å². The summed E-state index contributed by atoms with van der Waals surface area (Å²) in [6.45, 7) is 1.17. The standard InChI is InChI=1S/C15H18N2O3/c1-19-9-3-8-17-15(18)14-7-6-13(20-14)11-4-2-5-12(16)10-11/h2,4-7,10H,3,8-9,16H2,1H3,(H,17,18). The van der Waals surface area contributed by atoms with E-state index in [1.807, 2.05) is 12.1 Å².